The Bertz CT molecular complexity index is 327. The van der Waals surface area contributed by atoms with Crippen LogP contribution in [0.25, 0.3) is 0 Å². The molecule has 1 unspecified atom stereocenters. The van der Waals surface area contributed by atoms with Crippen molar-refractivity contribution >= 4 is 21.7 Å². The molecule has 1 aromatic rings. The molecular formula is C9H11BrN2O2. The van der Waals surface area contributed by atoms with Crippen molar-refractivity contribution in [3.63, 3.8) is 0 Å². The number of aromatic nitrogens is 1. The van der Waals surface area contributed by atoms with Crippen molar-refractivity contribution in [3.8, 4) is 5.75 Å². The van der Waals surface area contributed by atoms with Crippen LogP contribution in [-0.4, -0.2) is 24.3 Å². The first-order valence-corrected chi connectivity index (χ1v) is 5.20. The van der Waals surface area contributed by atoms with Crippen molar-refractivity contribution in [2.24, 2.45) is 0 Å². The highest BCUT2D eigenvalue weighted by molar-refractivity contribution is 9.10. The average Bonchev–Trinajstić information content (AvgIpc) is 2.64. The van der Waals surface area contributed by atoms with Crippen molar-refractivity contribution < 1.29 is 9.47 Å². The normalized spacial score (nSPS) is 21.1. The quantitative estimate of drug-likeness (QED) is 0.876. The predicted molar refractivity (Wildman–Crippen MR) is 56.2 cm³/mol. The lowest BCUT2D eigenvalue weighted by molar-refractivity contribution is 0.141. The summed E-state index contributed by atoms with van der Waals surface area (Å²) in [5.41, 5.74) is 5.67. The highest BCUT2D eigenvalue weighted by Crippen LogP contribution is 2.25. The third kappa shape index (κ3) is 2.16. The van der Waals surface area contributed by atoms with Gasteiger partial charge >= 0.3 is 0 Å². The number of ether oxygens (including phenoxy) is 2. The van der Waals surface area contributed by atoms with Crippen LogP contribution in [0.1, 0.15) is 6.42 Å². The van der Waals surface area contributed by atoms with E-state index < -0.39 is 0 Å². The second-order valence-electron chi connectivity index (χ2n) is 3.14. The summed E-state index contributed by atoms with van der Waals surface area (Å²) in [6.45, 7) is 1.39. The monoisotopic (exact) mass is 258 g/mol. The van der Waals surface area contributed by atoms with Crippen molar-refractivity contribution in [1.82, 2.24) is 4.98 Å². The summed E-state index contributed by atoms with van der Waals surface area (Å²) < 4.78 is 11.7. The van der Waals surface area contributed by atoms with E-state index in [1.54, 1.807) is 6.20 Å². The first-order chi connectivity index (χ1) is 6.75. The van der Waals surface area contributed by atoms with Gasteiger partial charge < -0.3 is 15.2 Å². The third-order valence-corrected chi connectivity index (χ3v) is 2.46. The maximum absolute atomic E-state index is 5.67. The topological polar surface area (TPSA) is 57.4 Å². The van der Waals surface area contributed by atoms with E-state index in [9.17, 15) is 0 Å². The lowest BCUT2D eigenvalue weighted by Gasteiger charge is -2.12. The molecule has 0 amide bonds. The van der Waals surface area contributed by atoms with Gasteiger partial charge in [-0.15, -0.1) is 0 Å². The summed E-state index contributed by atoms with van der Waals surface area (Å²) >= 11 is 3.32. The molecule has 1 fully saturated rings. The van der Waals surface area contributed by atoms with Crippen LogP contribution < -0.4 is 10.5 Å². The highest BCUT2D eigenvalue weighted by atomic mass is 79.9. The molecule has 0 aliphatic carbocycles. The third-order valence-electron chi connectivity index (χ3n) is 2.03. The van der Waals surface area contributed by atoms with E-state index in [0.717, 1.165) is 17.5 Å². The fourth-order valence-corrected chi connectivity index (χ4v) is 1.62. The first kappa shape index (κ1) is 9.73. The number of halogens is 1. The molecule has 14 heavy (non-hydrogen) atoms. The smallest absolute Gasteiger partial charge is 0.166 e. The van der Waals surface area contributed by atoms with E-state index in [0.29, 0.717) is 18.2 Å². The Morgan fingerprint density at radius 1 is 1.64 bits per heavy atom. The number of pyridine rings is 1. The molecule has 0 radical (unpaired) electrons. The summed E-state index contributed by atoms with van der Waals surface area (Å²) in [5.74, 6) is 1.04. The minimum Gasteiger partial charge on any atom is -0.484 e. The van der Waals surface area contributed by atoms with Gasteiger partial charge in [-0.3, -0.25) is 0 Å². The van der Waals surface area contributed by atoms with Gasteiger partial charge in [0.05, 0.1) is 13.2 Å². The van der Waals surface area contributed by atoms with Crippen LogP contribution >= 0.6 is 15.9 Å². The van der Waals surface area contributed by atoms with Crippen LogP contribution in [-0.2, 0) is 4.74 Å². The van der Waals surface area contributed by atoms with Crippen LogP contribution in [0.4, 0.5) is 5.82 Å². The zero-order valence-electron chi connectivity index (χ0n) is 7.57. The summed E-state index contributed by atoms with van der Waals surface area (Å²) in [4.78, 5) is 3.99. The molecule has 1 atom stereocenters. The number of nitrogens with two attached hydrogens (primary N) is 1. The zero-order chi connectivity index (χ0) is 9.97. The van der Waals surface area contributed by atoms with E-state index in [4.69, 9.17) is 15.2 Å². The van der Waals surface area contributed by atoms with Gasteiger partial charge in [0.15, 0.2) is 11.6 Å². The summed E-state index contributed by atoms with van der Waals surface area (Å²) in [7, 11) is 0. The molecule has 4 nitrogen and oxygen atoms in total. The van der Waals surface area contributed by atoms with Gasteiger partial charge in [-0.05, 0) is 22.0 Å². The van der Waals surface area contributed by atoms with Gasteiger partial charge in [0.1, 0.15) is 6.10 Å². The summed E-state index contributed by atoms with van der Waals surface area (Å²) in [6, 6.07) is 1.82. The molecular weight excluding hydrogens is 248 g/mol. The summed E-state index contributed by atoms with van der Waals surface area (Å²) in [5, 5.41) is 0. The molecule has 5 heteroatoms. The fourth-order valence-electron chi connectivity index (χ4n) is 1.31. The molecule has 2 rings (SSSR count). The molecule has 1 aromatic heterocycles. The lowest BCUT2D eigenvalue weighted by atomic mass is 10.3. The Balaban J connectivity index is 2.10. The number of nitrogen functional groups attached to an aromatic ring is 1. The van der Waals surface area contributed by atoms with Crippen LogP contribution in [0.15, 0.2) is 16.7 Å². The molecule has 0 bridgehead atoms. The minimum atomic E-state index is 0.105. The standard InChI is InChI=1S/C9H11BrN2O2/c10-6-3-8(9(11)12-4-6)14-7-1-2-13-5-7/h3-4,7H,1-2,5H2,(H2,11,12). The fraction of sp³-hybridized carbons (Fsp3) is 0.444. The van der Waals surface area contributed by atoms with E-state index in [1.165, 1.54) is 0 Å². The first-order valence-electron chi connectivity index (χ1n) is 4.41. The molecule has 2 heterocycles. The van der Waals surface area contributed by atoms with Gasteiger partial charge in [0.25, 0.3) is 0 Å². The van der Waals surface area contributed by atoms with Crippen molar-refractivity contribution in [2.45, 2.75) is 12.5 Å². The maximum Gasteiger partial charge on any atom is 0.166 e. The predicted octanol–water partition coefficient (Wildman–Crippen LogP) is 1.59. The van der Waals surface area contributed by atoms with Gasteiger partial charge in [-0.2, -0.15) is 0 Å². The van der Waals surface area contributed by atoms with Crippen molar-refractivity contribution in [2.75, 3.05) is 18.9 Å². The van der Waals surface area contributed by atoms with E-state index >= 15 is 0 Å². The summed E-state index contributed by atoms with van der Waals surface area (Å²) in [6.07, 6.45) is 2.66. The molecule has 0 aromatic carbocycles. The number of nitrogens with zero attached hydrogens (tertiary/aromatic N) is 1. The molecule has 1 saturated heterocycles. The second-order valence-corrected chi connectivity index (χ2v) is 4.06. The Morgan fingerprint density at radius 2 is 2.50 bits per heavy atom. The van der Waals surface area contributed by atoms with Crippen molar-refractivity contribution in [1.29, 1.82) is 0 Å². The van der Waals surface area contributed by atoms with Crippen LogP contribution in [0.5, 0.6) is 5.75 Å². The zero-order valence-corrected chi connectivity index (χ0v) is 9.16. The van der Waals surface area contributed by atoms with E-state index in [-0.39, 0.29) is 6.10 Å². The minimum absolute atomic E-state index is 0.105. The Labute approximate surface area is 90.5 Å². The second kappa shape index (κ2) is 4.14. The number of anilines is 1. The molecule has 0 saturated carbocycles. The molecule has 76 valence electrons. The number of hydrogen-bond donors (Lipinski definition) is 1. The largest absolute Gasteiger partial charge is 0.484 e. The van der Waals surface area contributed by atoms with Gasteiger partial charge in [0, 0.05) is 17.1 Å². The Kier molecular flexibility index (Phi) is 2.88. The maximum atomic E-state index is 5.67. The average molecular weight is 259 g/mol. The van der Waals surface area contributed by atoms with Gasteiger partial charge in [-0.25, -0.2) is 4.98 Å². The number of hydrogen-bond acceptors (Lipinski definition) is 4. The van der Waals surface area contributed by atoms with E-state index in [2.05, 4.69) is 20.9 Å². The Hall–Kier alpha value is -0.810. The number of rotatable bonds is 2. The highest BCUT2D eigenvalue weighted by Gasteiger charge is 2.18. The Morgan fingerprint density at radius 3 is 3.21 bits per heavy atom. The SMILES string of the molecule is Nc1ncc(Br)cc1OC1CCOC1. The molecule has 2 N–H and O–H groups in total. The molecule has 1 aliphatic rings. The van der Waals surface area contributed by atoms with Gasteiger partial charge in [0.2, 0.25) is 0 Å². The van der Waals surface area contributed by atoms with Crippen LogP contribution in [0.3, 0.4) is 0 Å². The lowest BCUT2D eigenvalue weighted by Crippen LogP contribution is -2.16. The molecule has 0 spiro atoms. The van der Waals surface area contributed by atoms with Crippen LogP contribution in [0.2, 0.25) is 0 Å². The van der Waals surface area contributed by atoms with E-state index in [1.807, 2.05) is 6.07 Å². The van der Waals surface area contributed by atoms with Crippen LogP contribution in [0, 0.1) is 0 Å². The van der Waals surface area contributed by atoms with Crippen molar-refractivity contribution in [3.05, 3.63) is 16.7 Å². The van der Waals surface area contributed by atoms with Gasteiger partial charge in [-0.1, -0.05) is 0 Å². The molecule has 1 aliphatic heterocycles.